The predicted octanol–water partition coefficient (Wildman–Crippen LogP) is 3.88. The Morgan fingerprint density at radius 1 is 1.41 bits per heavy atom. The molecule has 2 aliphatic rings. The number of hydrogen-bond donors (Lipinski definition) is 1. The van der Waals surface area contributed by atoms with Crippen LogP contribution < -0.4 is 5.73 Å². The fraction of sp³-hybridized carbons (Fsp3) is 0.263. The van der Waals surface area contributed by atoms with E-state index < -0.39 is 28.4 Å². The third-order valence-corrected chi connectivity index (χ3v) is 6.65. The van der Waals surface area contributed by atoms with Crippen LogP contribution in [0.4, 0.5) is 8.78 Å². The van der Waals surface area contributed by atoms with E-state index in [0.717, 1.165) is 11.8 Å². The molecule has 0 bridgehead atoms. The first-order valence-electron chi connectivity index (χ1n) is 8.59. The summed E-state index contributed by atoms with van der Waals surface area (Å²) in [4.78, 5) is 24.5. The van der Waals surface area contributed by atoms with Crippen LogP contribution in [0.3, 0.4) is 0 Å². The van der Waals surface area contributed by atoms with Crippen molar-refractivity contribution in [1.29, 1.82) is 0 Å². The summed E-state index contributed by atoms with van der Waals surface area (Å²) in [6.45, 7) is 0. The zero-order chi connectivity index (χ0) is 20.8. The van der Waals surface area contributed by atoms with Crippen LogP contribution in [0.25, 0.3) is 11.9 Å². The number of nitrogens with zero attached hydrogens (tertiary/aromatic N) is 3. The van der Waals surface area contributed by atoms with Gasteiger partial charge in [-0.15, -0.1) is 0 Å². The lowest BCUT2D eigenvalue weighted by Gasteiger charge is -2.24. The first kappa shape index (κ1) is 20.0. The van der Waals surface area contributed by atoms with Gasteiger partial charge >= 0.3 is 5.97 Å². The molecular weight excluding hydrogens is 466 g/mol. The second-order valence-corrected chi connectivity index (χ2v) is 8.87. The van der Waals surface area contributed by atoms with Crippen LogP contribution in [0.2, 0.25) is 0 Å². The molecule has 29 heavy (non-hydrogen) atoms. The number of carbonyl (C=O) groups is 1. The molecule has 1 aromatic heterocycles. The van der Waals surface area contributed by atoms with Crippen LogP contribution in [-0.4, -0.2) is 33.0 Å². The Morgan fingerprint density at radius 3 is 2.90 bits per heavy atom. The number of benzene rings is 1. The number of rotatable bonds is 4. The van der Waals surface area contributed by atoms with Crippen LogP contribution in [0, 0.1) is 11.7 Å². The van der Waals surface area contributed by atoms with Gasteiger partial charge in [-0.05, 0) is 46.1 Å². The topological polar surface area (TPSA) is 90.5 Å². The molecule has 1 saturated carbocycles. The van der Waals surface area contributed by atoms with E-state index in [1.54, 1.807) is 0 Å². The number of fused-ring (bicyclic) bond motifs is 1. The molecule has 6 nitrogen and oxygen atoms in total. The van der Waals surface area contributed by atoms with Crippen molar-refractivity contribution in [1.82, 2.24) is 9.97 Å². The minimum absolute atomic E-state index is 0.0577. The van der Waals surface area contributed by atoms with Crippen molar-refractivity contribution in [3.8, 4) is 0 Å². The van der Waals surface area contributed by atoms with Gasteiger partial charge in [-0.3, -0.25) is 9.79 Å². The van der Waals surface area contributed by atoms with E-state index in [9.17, 15) is 13.6 Å². The highest BCUT2D eigenvalue weighted by Gasteiger charge is 2.67. The molecule has 1 aliphatic heterocycles. The lowest BCUT2D eigenvalue weighted by Crippen LogP contribution is -2.32. The average molecular weight is 481 g/mol. The van der Waals surface area contributed by atoms with Crippen LogP contribution in [-0.2, 0) is 9.53 Å². The Balaban J connectivity index is 1.67. The average Bonchev–Trinajstić information content (AvgIpc) is 3.44. The Morgan fingerprint density at radius 2 is 2.21 bits per heavy atom. The number of ether oxygens (including phenoxy) is 1. The first-order chi connectivity index (χ1) is 13.8. The van der Waals surface area contributed by atoms with E-state index in [1.807, 2.05) is 0 Å². The molecule has 0 saturated heterocycles. The Kier molecular flexibility index (Phi) is 5.16. The molecule has 150 valence electrons. The molecule has 4 rings (SSSR count). The summed E-state index contributed by atoms with van der Waals surface area (Å²) in [5.74, 6) is -1.74. The minimum atomic E-state index is -0.832. The van der Waals surface area contributed by atoms with Crippen molar-refractivity contribution in [2.24, 2.45) is 16.6 Å². The van der Waals surface area contributed by atoms with Gasteiger partial charge in [0, 0.05) is 11.5 Å². The lowest BCUT2D eigenvalue weighted by molar-refractivity contribution is -0.141. The number of aliphatic imine (C=N–C) groups is 1. The quantitative estimate of drug-likeness (QED) is 0.667. The van der Waals surface area contributed by atoms with Crippen molar-refractivity contribution >= 4 is 50.7 Å². The third kappa shape index (κ3) is 3.66. The molecule has 3 atom stereocenters. The van der Waals surface area contributed by atoms with Crippen LogP contribution in [0.1, 0.15) is 29.3 Å². The highest BCUT2D eigenvalue weighted by atomic mass is 79.9. The second kappa shape index (κ2) is 7.49. The van der Waals surface area contributed by atoms with Gasteiger partial charge in [-0.2, -0.15) is 0 Å². The molecule has 1 aromatic carbocycles. The maximum atomic E-state index is 14.6. The molecular formula is C19H15BrF2N4O2S. The fourth-order valence-corrected chi connectivity index (χ4v) is 4.92. The molecule has 0 amide bonds. The van der Waals surface area contributed by atoms with Crippen LogP contribution in [0.5, 0.6) is 0 Å². The van der Waals surface area contributed by atoms with Gasteiger partial charge in [0.2, 0.25) is 0 Å². The summed E-state index contributed by atoms with van der Waals surface area (Å²) in [6.07, 6.45) is 4.40. The van der Waals surface area contributed by atoms with Crippen molar-refractivity contribution in [3.05, 3.63) is 57.8 Å². The normalized spacial score (nSPS) is 25.8. The number of methoxy groups -OCH3 is 1. The molecule has 1 fully saturated rings. The Hall–Kier alpha value is -2.33. The number of aromatic nitrogens is 2. The highest BCUT2D eigenvalue weighted by Crippen LogP contribution is 2.64. The first-order valence-corrected chi connectivity index (χ1v) is 10.2. The summed E-state index contributed by atoms with van der Waals surface area (Å²) in [6, 6.07) is 3.57. The number of hydrogen-bond acceptors (Lipinski definition) is 7. The smallest absolute Gasteiger partial charge is 0.322 e. The van der Waals surface area contributed by atoms with Crippen molar-refractivity contribution in [2.45, 2.75) is 17.2 Å². The summed E-state index contributed by atoms with van der Waals surface area (Å²) >= 11 is 4.30. The summed E-state index contributed by atoms with van der Waals surface area (Å²) in [7, 11) is 1.31. The fourth-order valence-electron chi connectivity index (χ4n) is 3.46. The number of amidine groups is 1. The number of esters is 1. The highest BCUT2D eigenvalue weighted by molar-refractivity contribution is 9.10. The van der Waals surface area contributed by atoms with Gasteiger partial charge in [0.15, 0.2) is 11.0 Å². The van der Waals surface area contributed by atoms with Crippen molar-refractivity contribution in [2.75, 3.05) is 7.11 Å². The van der Waals surface area contributed by atoms with Gasteiger partial charge in [0.25, 0.3) is 0 Å². The molecule has 2 aromatic rings. The largest absolute Gasteiger partial charge is 0.468 e. The van der Waals surface area contributed by atoms with E-state index in [0.29, 0.717) is 16.6 Å². The number of thioether (sulfide) groups is 1. The van der Waals surface area contributed by atoms with Crippen LogP contribution in [0.15, 0.2) is 40.2 Å². The number of nitrogens with two attached hydrogens (primary N) is 1. The van der Waals surface area contributed by atoms with Crippen molar-refractivity contribution < 1.29 is 18.3 Å². The molecule has 10 heteroatoms. The Labute approximate surface area is 177 Å². The maximum Gasteiger partial charge on any atom is 0.322 e. The van der Waals surface area contributed by atoms with Gasteiger partial charge in [-0.25, -0.2) is 18.7 Å². The number of carbonyl (C=O) groups excluding carboxylic acids is 1. The van der Waals surface area contributed by atoms with E-state index >= 15 is 0 Å². The summed E-state index contributed by atoms with van der Waals surface area (Å²) in [5, 5.41) is 0.200. The van der Waals surface area contributed by atoms with E-state index in [4.69, 9.17) is 10.5 Å². The minimum Gasteiger partial charge on any atom is -0.468 e. The Bertz CT molecular complexity index is 1050. The predicted molar refractivity (Wildman–Crippen MR) is 110 cm³/mol. The third-order valence-electron chi connectivity index (χ3n) is 4.92. The number of halogens is 3. The molecule has 1 aliphatic carbocycles. The molecule has 3 unspecified atom stereocenters. The van der Waals surface area contributed by atoms with Gasteiger partial charge in [0.1, 0.15) is 20.9 Å². The summed E-state index contributed by atoms with van der Waals surface area (Å²) < 4.78 is 33.7. The molecule has 0 spiro atoms. The zero-order valence-electron chi connectivity index (χ0n) is 15.1. The van der Waals surface area contributed by atoms with Crippen LogP contribution >= 0.6 is 27.7 Å². The van der Waals surface area contributed by atoms with Gasteiger partial charge < -0.3 is 10.5 Å². The monoisotopic (exact) mass is 480 g/mol. The van der Waals surface area contributed by atoms with Gasteiger partial charge in [0.05, 0.1) is 25.5 Å². The molecule has 2 N–H and O–H groups in total. The second-order valence-electron chi connectivity index (χ2n) is 6.70. The lowest BCUT2D eigenvalue weighted by atomic mass is 9.98. The van der Waals surface area contributed by atoms with E-state index in [2.05, 4.69) is 30.9 Å². The van der Waals surface area contributed by atoms with Gasteiger partial charge in [-0.1, -0.05) is 17.8 Å². The van der Waals surface area contributed by atoms with E-state index in [1.165, 1.54) is 43.8 Å². The van der Waals surface area contributed by atoms with E-state index in [-0.39, 0.29) is 22.3 Å². The SMILES string of the molecule is COC(=O)C12CC1C(c1cc(/C=C(\F)c3cnc(Br)cn3)ccc1F)N=C(N)S2. The molecule has 2 heterocycles. The maximum absolute atomic E-state index is 14.6. The molecule has 0 radical (unpaired) electrons. The summed E-state index contributed by atoms with van der Waals surface area (Å²) in [5.41, 5.74) is 6.65. The zero-order valence-corrected chi connectivity index (χ0v) is 17.5. The standard InChI is InChI=1S/C19H15BrF2N4O2S/c1-28-17(27)19-6-11(19)16(26-18(23)29-19)10-4-9(2-3-12(10)21)5-13(22)14-7-25-15(20)8-24-14/h2-5,7-8,11,16H,6H2,1H3,(H2,23,26)/b13-5-. The van der Waals surface area contributed by atoms with Crippen molar-refractivity contribution in [3.63, 3.8) is 0 Å².